The van der Waals surface area contributed by atoms with Crippen LogP contribution in [-0.4, -0.2) is 35.4 Å². The summed E-state index contributed by atoms with van der Waals surface area (Å²) in [6.45, 7) is 17.3. The molecule has 2 N–H and O–H groups in total. The smallest absolute Gasteiger partial charge is 0.307 e. The number of carbonyl (C=O) groups is 2. The molecule has 4 nitrogen and oxygen atoms in total. The Bertz CT molecular complexity index is 532. The SMILES string of the molecule is C.CB1C(C)C(F)C(C)CC1C(C)(C)NC(=O)C(C(C)C(=O)O)C(C)(C)C. The Kier molecular flexibility index (Phi) is 8.60. The summed E-state index contributed by atoms with van der Waals surface area (Å²) in [6, 6.07) is 0. The van der Waals surface area contributed by atoms with Crippen molar-refractivity contribution in [1.82, 2.24) is 5.32 Å². The number of carboxylic acid groups (broad SMARTS) is 1. The fourth-order valence-electron chi connectivity index (χ4n) is 4.87. The lowest BCUT2D eigenvalue weighted by Crippen LogP contribution is -2.57. The lowest BCUT2D eigenvalue weighted by atomic mass is 9.28. The van der Waals surface area contributed by atoms with Gasteiger partial charge in [0.15, 0.2) is 0 Å². The Hall–Kier alpha value is -1.07. The highest BCUT2D eigenvalue weighted by molar-refractivity contribution is 6.61. The first-order chi connectivity index (χ1) is 11.6. The van der Waals surface area contributed by atoms with Crippen LogP contribution in [0.4, 0.5) is 4.39 Å². The van der Waals surface area contributed by atoms with Gasteiger partial charge < -0.3 is 10.4 Å². The zero-order valence-electron chi connectivity index (χ0n) is 17.9. The standard InChI is InChI=1S/C20H37BFNO3.CH4/c1-11-10-14(21(9)13(3)16(11)22)20(7,8)23-17(24)15(19(4,5)6)12(2)18(25)26;/h11-16H,10H2,1-9H3,(H,23,24)(H,25,26);1H4. The highest BCUT2D eigenvalue weighted by Crippen LogP contribution is 2.46. The van der Waals surface area contributed by atoms with Crippen molar-refractivity contribution in [2.75, 3.05) is 0 Å². The van der Waals surface area contributed by atoms with Gasteiger partial charge in [-0.15, -0.1) is 0 Å². The molecule has 0 aliphatic carbocycles. The zero-order valence-corrected chi connectivity index (χ0v) is 17.9. The van der Waals surface area contributed by atoms with E-state index in [1.54, 1.807) is 6.92 Å². The molecule has 0 aromatic rings. The normalized spacial score (nSPS) is 28.7. The molecule has 1 saturated heterocycles. The second-order valence-electron chi connectivity index (χ2n) is 10.2. The molecule has 6 heteroatoms. The second-order valence-corrected chi connectivity index (χ2v) is 10.2. The number of aliphatic carboxylic acids is 1. The summed E-state index contributed by atoms with van der Waals surface area (Å²) >= 11 is 0. The van der Waals surface area contributed by atoms with Crippen LogP contribution in [0.1, 0.15) is 69.2 Å². The summed E-state index contributed by atoms with van der Waals surface area (Å²) in [6.07, 6.45) is -0.101. The minimum absolute atomic E-state index is 0. The number of hydrogen-bond donors (Lipinski definition) is 2. The van der Waals surface area contributed by atoms with Gasteiger partial charge in [0, 0.05) is 5.54 Å². The van der Waals surface area contributed by atoms with Crippen LogP contribution >= 0.6 is 0 Å². The van der Waals surface area contributed by atoms with E-state index in [-0.39, 0.29) is 37.6 Å². The van der Waals surface area contributed by atoms with Crippen molar-refractivity contribution in [1.29, 1.82) is 0 Å². The average molecular weight is 385 g/mol. The van der Waals surface area contributed by atoms with E-state index < -0.39 is 34.9 Å². The van der Waals surface area contributed by atoms with Crippen molar-refractivity contribution in [3.05, 3.63) is 0 Å². The van der Waals surface area contributed by atoms with Crippen LogP contribution in [0.5, 0.6) is 0 Å². The van der Waals surface area contributed by atoms with E-state index in [1.807, 2.05) is 48.5 Å². The van der Waals surface area contributed by atoms with Crippen molar-refractivity contribution < 1.29 is 19.1 Å². The predicted octanol–water partition coefficient (Wildman–Crippen LogP) is 5.16. The summed E-state index contributed by atoms with van der Waals surface area (Å²) in [7, 11) is 0. The fourth-order valence-corrected chi connectivity index (χ4v) is 4.87. The summed E-state index contributed by atoms with van der Waals surface area (Å²) in [4.78, 5) is 24.6. The number of carboxylic acids is 1. The molecule has 0 spiro atoms. The van der Waals surface area contributed by atoms with Crippen LogP contribution in [0, 0.1) is 23.2 Å². The van der Waals surface area contributed by atoms with E-state index in [4.69, 9.17) is 0 Å². The van der Waals surface area contributed by atoms with Crippen LogP contribution in [0.2, 0.25) is 18.5 Å². The largest absolute Gasteiger partial charge is 0.481 e. The number of hydrogen-bond acceptors (Lipinski definition) is 2. The number of rotatable bonds is 5. The van der Waals surface area contributed by atoms with Crippen molar-refractivity contribution in [2.24, 2.45) is 23.2 Å². The minimum Gasteiger partial charge on any atom is -0.481 e. The third kappa shape index (κ3) is 5.71. The second kappa shape index (κ2) is 8.96. The maximum Gasteiger partial charge on any atom is 0.307 e. The predicted molar refractivity (Wildman–Crippen MR) is 112 cm³/mol. The maximum absolute atomic E-state index is 14.4. The average Bonchev–Trinajstić information content (AvgIpc) is 2.46. The molecule has 1 aliphatic rings. The van der Waals surface area contributed by atoms with Gasteiger partial charge in [-0.05, 0) is 43.2 Å². The Labute approximate surface area is 166 Å². The van der Waals surface area contributed by atoms with Crippen molar-refractivity contribution in [3.63, 3.8) is 0 Å². The lowest BCUT2D eigenvalue weighted by Gasteiger charge is -2.47. The highest BCUT2D eigenvalue weighted by atomic mass is 19.1. The van der Waals surface area contributed by atoms with E-state index in [0.717, 1.165) is 0 Å². The number of halogens is 1. The van der Waals surface area contributed by atoms with E-state index in [2.05, 4.69) is 12.1 Å². The van der Waals surface area contributed by atoms with E-state index in [9.17, 15) is 19.1 Å². The van der Waals surface area contributed by atoms with Crippen molar-refractivity contribution in [3.8, 4) is 0 Å². The van der Waals surface area contributed by atoms with Crippen LogP contribution in [-0.2, 0) is 9.59 Å². The molecule has 0 aromatic carbocycles. The first-order valence-electron chi connectivity index (χ1n) is 9.80. The summed E-state index contributed by atoms with van der Waals surface area (Å²) in [5, 5.41) is 12.6. The highest BCUT2D eigenvalue weighted by Gasteiger charge is 2.48. The summed E-state index contributed by atoms with van der Waals surface area (Å²) in [5.74, 6) is -2.57. The Morgan fingerprint density at radius 2 is 1.67 bits per heavy atom. The minimum atomic E-state index is -0.966. The van der Waals surface area contributed by atoms with Gasteiger partial charge >= 0.3 is 5.97 Å². The molecule has 1 fully saturated rings. The number of carbonyl (C=O) groups excluding carboxylic acids is 1. The van der Waals surface area contributed by atoms with Gasteiger partial charge in [-0.2, -0.15) is 0 Å². The Morgan fingerprint density at radius 1 is 1.19 bits per heavy atom. The molecule has 27 heavy (non-hydrogen) atoms. The molecule has 0 saturated carbocycles. The molecule has 1 amide bonds. The Balaban J connectivity index is 0.00000676. The first kappa shape index (κ1) is 25.9. The zero-order chi connectivity index (χ0) is 20.6. The molecule has 1 aliphatic heterocycles. The molecule has 0 radical (unpaired) electrons. The number of amides is 1. The number of alkyl halides is 1. The molecule has 1 rings (SSSR count). The van der Waals surface area contributed by atoms with Gasteiger partial charge in [0.25, 0.3) is 0 Å². The first-order valence-corrected chi connectivity index (χ1v) is 9.80. The molecule has 6 atom stereocenters. The van der Waals surface area contributed by atoms with Crippen LogP contribution < -0.4 is 5.32 Å². The molecule has 1 heterocycles. The summed E-state index contributed by atoms with van der Waals surface area (Å²) in [5.41, 5.74) is -0.998. The maximum atomic E-state index is 14.4. The van der Waals surface area contributed by atoms with Crippen LogP contribution in [0.3, 0.4) is 0 Å². The van der Waals surface area contributed by atoms with Crippen LogP contribution in [0.15, 0.2) is 0 Å². The van der Waals surface area contributed by atoms with Crippen molar-refractivity contribution in [2.45, 2.75) is 99.4 Å². The third-order valence-electron chi connectivity index (χ3n) is 6.61. The van der Waals surface area contributed by atoms with E-state index >= 15 is 0 Å². The molecule has 0 aromatic heterocycles. The summed E-state index contributed by atoms with van der Waals surface area (Å²) < 4.78 is 14.4. The van der Waals surface area contributed by atoms with E-state index in [1.165, 1.54) is 0 Å². The third-order valence-corrected chi connectivity index (χ3v) is 6.61. The van der Waals surface area contributed by atoms with Gasteiger partial charge in [0.05, 0.1) is 18.0 Å². The van der Waals surface area contributed by atoms with Gasteiger partial charge in [-0.3, -0.25) is 9.59 Å². The lowest BCUT2D eigenvalue weighted by molar-refractivity contribution is -0.150. The Morgan fingerprint density at radius 3 is 2.07 bits per heavy atom. The topological polar surface area (TPSA) is 66.4 Å². The molecule has 158 valence electrons. The quantitative estimate of drug-likeness (QED) is 0.642. The fraction of sp³-hybridized carbons (Fsp3) is 0.905. The van der Waals surface area contributed by atoms with Gasteiger partial charge in [-0.1, -0.05) is 55.8 Å². The van der Waals surface area contributed by atoms with E-state index in [0.29, 0.717) is 6.42 Å². The molecular weight excluding hydrogens is 344 g/mol. The van der Waals surface area contributed by atoms with Gasteiger partial charge in [-0.25, -0.2) is 4.39 Å². The monoisotopic (exact) mass is 385 g/mol. The van der Waals surface area contributed by atoms with Crippen LogP contribution in [0.25, 0.3) is 0 Å². The van der Waals surface area contributed by atoms with Crippen molar-refractivity contribution >= 4 is 18.6 Å². The molecular formula is C21H41BFNO3. The van der Waals surface area contributed by atoms with Gasteiger partial charge in [0.2, 0.25) is 5.91 Å². The molecule has 6 unspecified atom stereocenters. The molecule has 0 bridgehead atoms. The number of nitrogens with one attached hydrogen (secondary N) is 1. The van der Waals surface area contributed by atoms with Gasteiger partial charge in [0.1, 0.15) is 6.71 Å².